The normalized spacial score (nSPS) is 10.8. The molecule has 11 rings (SSSR count). The van der Waals surface area contributed by atoms with E-state index in [-0.39, 0.29) is 26.1 Å². The second kappa shape index (κ2) is 15.6. The molecule has 0 spiro atoms. The van der Waals surface area contributed by atoms with Gasteiger partial charge in [0.25, 0.3) is 0 Å². The Labute approximate surface area is 327 Å². The Hall–Kier alpha value is -6.92. The molecule has 0 atom stereocenters. The maximum atomic E-state index is 8.89. The van der Waals surface area contributed by atoms with Gasteiger partial charge >= 0.3 is 0 Å². The molecular formula is C45H28N8ORu. The van der Waals surface area contributed by atoms with Crippen molar-refractivity contribution in [3.05, 3.63) is 158 Å². The molecule has 0 fully saturated rings. The van der Waals surface area contributed by atoms with E-state index in [1.54, 1.807) is 37.2 Å². The van der Waals surface area contributed by atoms with Crippen LogP contribution in [0, 0.1) is 11.8 Å². The Kier molecular flexibility index (Phi) is 9.96. The zero-order valence-electron chi connectivity index (χ0n) is 29.0. The second-order valence-electron chi connectivity index (χ2n) is 12.3. The minimum absolute atomic E-state index is 0. The molecule has 0 aliphatic heterocycles. The fraction of sp³-hybridized carbons (Fsp3) is 0.0222. The quantitative estimate of drug-likeness (QED) is 0.0694. The Balaban J connectivity index is 0.000000125. The average Bonchev–Trinajstić information content (AvgIpc) is 3.25. The monoisotopic (exact) mass is 798 g/mol. The van der Waals surface area contributed by atoms with Gasteiger partial charge in [0.15, 0.2) is 0 Å². The van der Waals surface area contributed by atoms with Gasteiger partial charge in [0.1, 0.15) is 6.61 Å². The first-order chi connectivity index (χ1) is 26.7. The van der Waals surface area contributed by atoms with Crippen molar-refractivity contribution in [2.24, 2.45) is 0 Å². The molecule has 7 aromatic heterocycles. The van der Waals surface area contributed by atoms with E-state index in [0.717, 1.165) is 93.0 Å². The van der Waals surface area contributed by atoms with Crippen LogP contribution >= 0.6 is 0 Å². The van der Waals surface area contributed by atoms with E-state index < -0.39 is 0 Å². The first-order valence-electron chi connectivity index (χ1n) is 17.2. The standard InChI is InChI=1S/C21H12N4O.2C12H8N2.Ru/c26-11-3-4-13-7-8-16-17(12-13)25-21-15-6-2-10-23-19(15)18-14(20(21)24-16)5-1-9-22-18;2*1-3-9-5-6-10-4-2-8-14-12(10)11(9)13-7-1;/h1-2,5-10,12,26H,11H2;2*1-8H;. The van der Waals surface area contributed by atoms with Crippen LogP contribution in [0.2, 0.25) is 0 Å². The number of nitrogens with zero attached hydrogens (tertiary/aromatic N) is 8. The van der Waals surface area contributed by atoms with E-state index in [1.807, 2.05) is 66.7 Å². The second-order valence-corrected chi connectivity index (χ2v) is 12.3. The molecule has 10 heteroatoms. The summed E-state index contributed by atoms with van der Waals surface area (Å²) in [5.41, 5.74) is 9.52. The molecule has 7 heterocycles. The van der Waals surface area contributed by atoms with Crippen LogP contribution in [0.4, 0.5) is 0 Å². The van der Waals surface area contributed by atoms with E-state index in [0.29, 0.717) is 0 Å². The molecule has 0 aliphatic carbocycles. The van der Waals surface area contributed by atoms with Crippen molar-refractivity contribution in [2.45, 2.75) is 0 Å². The number of aliphatic hydroxyl groups is 1. The van der Waals surface area contributed by atoms with Gasteiger partial charge in [-0.05, 0) is 66.7 Å². The molecule has 0 unspecified atom stereocenters. The number of aromatic nitrogens is 8. The van der Waals surface area contributed by atoms with Crippen LogP contribution in [0.15, 0.2) is 152 Å². The summed E-state index contributed by atoms with van der Waals surface area (Å²) < 4.78 is 0. The molecule has 4 aromatic carbocycles. The van der Waals surface area contributed by atoms with Crippen molar-refractivity contribution >= 4 is 87.5 Å². The fourth-order valence-electron chi connectivity index (χ4n) is 6.58. The van der Waals surface area contributed by atoms with Gasteiger partial charge in [0.2, 0.25) is 0 Å². The third-order valence-electron chi connectivity index (χ3n) is 9.02. The SMILES string of the molecule is OCC#Cc1ccc2nc3c4cccnc4c4ncccc4c3nc2c1.[Ru].c1cnc2c(c1)ccc1cccnc12.c1cnc2c(c1)ccc1cccnc12. The van der Waals surface area contributed by atoms with Gasteiger partial charge in [-0.3, -0.25) is 29.9 Å². The van der Waals surface area contributed by atoms with Crippen LogP contribution in [0.25, 0.3) is 87.5 Å². The third kappa shape index (κ3) is 6.86. The first-order valence-corrected chi connectivity index (χ1v) is 17.2. The van der Waals surface area contributed by atoms with E-state index >= 15 is 0 Å². The van der Waals surface area contributed by atoms with Crippen LogP contribution in [-0.2, 0) is 19.5 Å². The predicted octanol–water partition coefficient (Wildman–Crippen LogP) is 8.79. The molecule has 0 saturated heterocycles. The summed E-state index contributed by atoms with van der Waals surface area (Å²) in [4.78, 5) is 36.1. The minimum Gasteiger partial charge on any atom is -0.384 e. The van der Waals surface area contributed by atoms with Gasteiger partial charge in [0, 0.05) is 94.5 Å². The molecule has 0 radical (unpaired) electrons. The largest absolute Gasteiger partial charge is 0.384 e. The van der Waals surface area contributed by atoms with Crippen molar-refractivity contribution in [1.82, 2.24) is 39.9 Å². The van der Waals surface area contributed by atoms with E-state index in [1.165, 1.54) is 0 Å². The molecule has 0 amide bonds. The van der Waals surface area contributed by atoms with Crippen molar-refractivity contribution in [2.75, 3.05) is 6.61 Å². The number of pyridine rings is 6. The molecular weight excluding hydrogens is 770 g/mol. The van der Waals surface area contributed by atoms with Gasteiger partial charge in [-0.1, -0.05) is 60.4 Å². The molecule has 262 valence electrons. The number of hydrogen-bond donors (Lipinski definition) is 1. The van der Waals surface area contributed by atoms with Gasteiger partial charge in [-0.25, -0.2) is 9.97 Å². The Bertz CT molecular complexity index is 3040. The number of aliphatic hydroxyl groups excluding tert-OH is 1. The Morgan fingerprint density at radius 2 is 0.782 bits per heavy atom. The average molecular weight is 798 g/mol. The molecule has 9 nitrogen and oxygen atoms in total. The van der Waals surface area contributed by atoms with Crippen molar-refractivity contribution in [1.29, 1.82) is 0 Å². The van der Waals surface area contributed by atoms with Gasteiger partial charge < -0.3 is 5.11 Å². The fourth-order valence-corrected chi connectivity index (χ4v) is 6.58. The third-order valence-corrected chi connectivity index (χ3v) is 9.02. The molecule has 0 aliphatic rings. The maximum Gasteiger partial charge on any atom is 0.104 e. The van der Waals surface area contributed by atoms with E-state index in [2.05, 4.69) is 90.3 Å². The molecule has 1 N–H and O–H groups in total. The van der Waals surface area contributed by atoms with Gasteiger partial charge in [-0.2, -0.15) is 0 Å². The molecule has 55 heavy (non-hydrogen) atoms. The first kappa shape index (κ1) is 35.1. The molecule has 11 aromatic rings. The smallest absolute Gasteiger partial charge is 0.104 e. The Morgan fingerprint density at radius 3 is 1.20 bits per heavy atom. The summed E-state index contributed by atoms with van der Waals surface area (Å²) in [6.07, 6.45) is 10.7. The van der Waals surface area contributed by atoms with E-state index in [9.17, 15) is 0 Å². The summed E-state index contributed by atoms with van der Waals surface area (Å²) >= 11 is 0. The summed E-state index contributed by atoms with van der Waals surface area (Å²) in [5.74, 6) is 5.57. The van der Waals surface area contributed by atoms with Crippen LogP contribution < -0.4 is 0 Å². The number of benzene rings is 4. The topological polar surface area (TPSA) is 123 Å². The maximum absolute atomic E-state index is 8.89. The Morgan fingerprint density at radius 1 is 0.400 bits per heavy atom. The van der Waals surface area contributed by atoms with Crippen LogP contribution in [-0.4, -0.2) is 51.6 Å². The minimum atomic E-state index is -0.170. The zero-order valence-corrected chi connectivity index (χ0v) is 30.8. The number of fused-ring (bicyclic) bond motifs is 13. The van der Waals surface area contributed by atoms with E-state index in [4.69, 9.17) is 15.1 Å². The zero-order chi connectivity index (χ0) is 36.3. The molecule has 0 bridgehead atoms. The van der Waals surface area contributed by atoms with Gasteiger partial charge in [0.05, 0.1) is 55.2 Å². The summed E-state index contributed by atoms with van der Waals surface area (Å²) in [6.45, 7) is -0.170. The van der Waals surface area contributed by atoms with Crippen molar-refractivity contribution < 1.29 is 24.6 Å². The van der Waals surface area contributed by atoms with Crippen molar-refractivity contribution in [3.8, 4) is 11.8 Å². The van der Waals surface area contributed by atoms with Crippen LogP contribution in [0.3, 0.4) is 0 Å². The van der Waals surface area contributed by atoms with Crippen molar-refractivity contribution in [3.63, 3.8) is 0 Å². The van der Waals surface area contributed by atoms with Crippen LogP contribution in [0.5, 0.6) is 0 Å². The number of rotatable bonds is 0. The summed E-state index contributed by atoms with van der Waals surface area (Å²) in [5, 5.41) is 15.3. The summed E-state index contributed by atoms with van der Waals surface area (Å²) in [6, 6.07) is 37.7. The molecule has 0 saturated carbocycles. The number of hydrogen-bond acceptors (Lipinski definition) is 9. The van der Waals surface area contributed by atoms with Crippen LogP contribution in [0.1, 0.15) is 5.56 Å². The van der Waals surface area contributed by atoms with Gasteiger partial charge in [-0.15, -0.1) is 0 Å². The summed E-state index contributed by atoms with van der Waals surface area (Å²) in [7, 11) is 0. The predicted molar refractivity (Wildman–Crippen MR) is 216 cm³/mol.